The molecule has 0 aromatic heterocycles. The molecule has 0 bridgehead atoms. The predicted octanol–water partition coefficient (Wildman–Crippen LogP) is 1.69. The van der Waals surface area contributed by atoms with Gasteiger partial charge in [-0.1, -0.05) is 6.08 Å². The van der Waals surface area contributed by atoms with E-state index < -0.39 is 7.37 Å². The molecule has 4 heteroatoms. The summed E-state index contributed by atoms with van der Waals surface area (Å²) >= 11 is 0. The molecule has 0 aliphatic rings. The third kappa shape index (κ3) is 6.02. The van der Waals surface area contributed by atoms with Crippen LogP contribution in [0, 0.1) is 0 Å². The van der Waals surface area contributed by atoms with E-state index in [-0.39, 0.29) is 6.61 Å². The molecule has 0 aromatic rings. The van der Waals surface area contributed by atoms with Crippen LogP contribution in [-0.4, -0.2) is 25.7 Å². The molecule has 0 spiro atoms. The summed E-state index contributed by atoms with van der Waals surface area (Å²) in [6.07, 6.45) is 2.90. The smallest absolute Gasteiger partial charge is 0.200 e. The molecule has 0 saturated heterocycles. The number of carbonyl (C=O) groups excluding carboxylic acids is 1. The number of aldehydes is 1. The zero-order valence-corrected chi connectivity index (χ0v) is 7.55. The average molecular weight is 176 g/mol. The molecule has 0 fully saturated rings. The minimum atomic E-state index is -2.53. The molecule has 0 aromatic carbocycles. The monoisotopic (exact) mass is 176 g/mol. The van der Waals surface area contributed by atoms with Crippen LogP contribution in [0.2, 0.25) is 0 Å². The van der Waals surface area contributed by atoms with Crippen molar-refractivity contribution in [1.82, 2.24) is 0 Å². The predicted molar refractivity (Wildman–Crippen MR) is 45.2 cm³/mol. The molecular weight excluding hydrogens is 163 g/mol. The molecule has 3 nitrogen and oxygen atoms in total. The first-order chi connectivity index (χ1) is 5.12. The van der Waals surface area contributed by atoms with Gasteiger partial charge in [0.05, 0.1) is 6.61 Å². The topological polar surface area (TPSA) is 43.4 Å². The molecule has 0 aliphatic carbocycles. The lowest BCUT2D eigenvalue weighted by atomic mass is 10.6. The van der Waals surface area contributed by atoms with Gasteiger partial charge >= 0.3 is 0 Å². The maximum absolute atomic E-state index is 11.3. The highest BCUT2D eigenvalue weighted by Crippen LogP contribution is 2.42. The van der Waals surface area contributed by atoms with E-state index in [1.807, 2.05) is 0 Å². The van der Waals surface area contributed by atoms with E-state index in [1.165, 1.54) is 12.7 Å². The lowest BCUT2D eigenvalue weighted by molar-refractivity contribution is -0.107. The van der Waals surface area contributed by atoms with E-state index in [0.29, 0.717) is 12.6 Å². The summed E-state index contributed by atoms with van der Waals surface area (Å²) < 4.78 is 16.3. The fraction of sp³-hybridized carbons (Fsp3) is 0.571. The highest BCUT2D eigenvalue weighted by molar-refractivity contribution is 7.58. The van der Waals surface area contributed by atoms with E-state index in [0.717, 1.165) is 6.29 Å². The van der Waals surface area contributed by atoms with Gasteiger partial charge in [0.15, 0.2) is 0 Å². The van der Waals surface area contributed by atoms with Crippen LogP contribution in [0.5, 0.6) is 0 Å². The van der Waals surface area contributed by atoms with Gasteiger partial charge < -0.3 is 9.32 Å². The van der Waals surface area contributed by atoms with Crippen molar-refractivity contribution in [2.45, 2.75) is 6.42 Å². The van der Waals surface area contributed by atoms with Crippen LogP contribution in [0.3, 0.4) is 0 Å². The molecule has 0 heterocycles. The van der Waals surface area contributed by atoms with Gasteiger partial charge in [0, 0.05) is 19.2 Å². The van der Waals surface area contributed by atoms with Gasteiger partial charge in [-0.3, -0.25) is 4.57 Å². The van der Waals surface area contributed by atoms with Crippen LogP contribution in [0.4, 0.5) is 0 Å². The van der Waals surface area contributed by atoms with Gasteiger partial charge in [-0.05, 0) is 0 Å². The minimum absolute atomic E-state index is 0.284. The van der Waals surface area contributed by atoms with Gasteiger partial charge in [-0.2, -0.15) is 0 Å². The second kappa shape index (κ2) is 5.28. The first-order valence-corrected chi connectivity index (χ1v) is 5.63. The van der Waals surface area contributed by atoms with Gasteiger partial charge in [0.25, 0.3) is 0 Å². The molecule has 1 atom stereocenters. The SMILES string of the molecule is C=CCOP(C)(=O)CCC=O. The quantitative estimate of drug-likeness (QED) is 0.351. The fourth-order valence-electron chi connectivity index (χ4n) is 0.562. The Balaban J connectivity index is 3.69. The first kappa shape index (κ1) is 10.6. The standard InChI is InChI=1S/C7H13O3P/c1-3-6-10-11(2,9)7-4-5-8/h3,5H,1,4,6-7H2,2H3. The van der Waals surface area contributed by atoms with E-state index in [4.69, 9.17) is 4.52 Å². The largest absolute Gasteiger partial charge is 0.324 e. The zero-order chi connectivity index (χ0) is 8.74. The Morgan fingerprint density at radius 2 is 2.27 bits per heavy atom. The summed E-state index contributed by atoms with van der Waals surface area (Å²) in [5.74, 6) is 0. The van der Waals surface area contributed by atoms with Gasteiger partial charge in [-0.25, -0.2) is 0 Å². The molecule has 11 heavy (non-hydrogen) atoms. The van der Waals surface area contributed by atoms with Crippen LogP contribution < -0.4 is 0 Å². The summed E-state index contributed by atoms with van der Waals surface area (Å²) in [5.41, 5.74) is 0. The van der Waals surface area contributed by atoms with Gasteiger partial charge in [0.2, 0.25) is 7.37 Å². The molecule has 0 N–H and O–H groups in total. The number of rotatable bonds is 6. The van der Waals surface area contributed by atoms with Crippen LogP contribution in [0.1, 0.15) is 6.42 Å². The van der Waals surface area contributed by atoms with E-state index in [9.17, 15) is 9.36 Å². The maximum atomic E-state index is 11.3. The van der Waals surface area contributed by atoms with Crippen molar-refractivity contribution in [2.24, 2.45) is 0 Å². The summed E-state index contributed by atoms with van der Waals surface area (Å²) in [7, 11) is -2.53. The van der Waals surface area contributed by atoms with Gasteiger partial charge in [0.1, 0.15) is 6.29 Å². The van der Waals surface area contributed by atoms with Crippen molar-refractivity contribution in [2.75, 3.05) is 19.4 Å². The minimum Gasteiger partial charge on any atom is -0.324 e. The van der Waals surface area contributed by atoms with Crippen molar-refractivity contribution in [3.05, 3.63) is 12.7 Å². The summed E-state index contributed by atoms with van der Waals surface area (Å²) in [6, 6.07) is 0. The summed E-state index contributed by atoms with van der Waals surface area (Å²) in [5, 5.41) is 0. The normalized spacial score (nSPS) is 15.4. The van der Waals surface area contributed by atoms with Gasteiger partial charge in [-0.15, -0.1) is 6.58 Å². The molecule has 64 valence electrons. The average Bonchev–Trinajstić information content (AvgIpc) is 1.97. The lowest BCUT2D eigenvalue weighted by Crippen LogP contribution is -1.94. The Hall–Kier alpha value is -0.400. The molecule has 0 saturated carbocycles. The summed E-state index contributed by atoms with van der Waals surface area (Å²) in [6.45, 7) is 5.24. The highest BCUT2D eigenvalue weighted by atomic mass is 31.2. The van der Waals surface area contributed by atoms with E-state index in [1.54, 1.807) is 0 Å². The van der Waals surface area contributed by atoms with Crippen LogP contribution >= 0.6 is 7.37 Å². The van der Waals surface area contributed by atoms with Crippen molar-refractivity contribution in [1.29, 1.82) is 0 Å². The fourth-order valence-corrected chi connectivity index (χ4v) is 1.69. The highest BCUT2D eigenvalue weighted by Gasteiger charge is 2.13. The molecule has 0 aliphatic heterocycles. The van der Waals surface area contributed by atoms with E-state index >= 15 is 0 Å². The van der Waals surface area contributed by atoms with Crippen molar-refractivity contribution >= 4 is 13.7 Å². The molecule has 0 rings (SSSR count). The Kier molecular flexibility index (Phi) is 5.08. The zero-order valence-electron chi connectivity index (χ0n) is 6.66. The lowest BCUT2D eigenvalue weighted by Gasteiger charge is -2.09. The Morgan fingerprint density at radius 1 is 1.64 bits per heavy atom. The Bertz CT molecular complexity index is 161. The van der Waals surface area contributed by atoms with Crippen LogP contribution in [0.15, 0.2) is 12.7 Å². The maximum Gasteiger partial charge on any atom is 0.200 e. The van der Waals surface area contributed by atoms with Crippen molar-refractivity contribution < 1.29 is 13.9 Å². The number of hydrogen-bond donors (Lipinski definition) is 0. The Labute approximate surface area is 66.9 Å². The van der Waals surface area contributed by atoms with Crippen molar-refractivity contribution in [3.63, 3.8) is 0 Å². The second-order valence-electron chi connectivity index (χ2n) is 2.28. The Morgan fingerprint density at radius 3 is 2.73 bits per heavy atom. The number of hydrogen-bond acceptors (Lipinski definition) is 3. The molecule has 0 amide bonds. The molecule has 0 radical (unpaired) electrons. The summed E-state index contributed by atoms with van der Waals surface area (Å²) in [4.78, 5) is 9.93. The third-order valence-corrected chi connectivity index (χ3v) is 2.88. The number of carbonyl (C=O) groups is 1. The van der Waals surface area contributed by atoms with Crippen LogP contribution in [0.25, 0.3) is 0 Å². The van der Waals surface area contributed by atoms with Crippen LogP contribution in [-0.2, 0) is 13.9 Å². The third-order valence-electron chi connectivity index (χ3n) is 1.12. The molecular formula is C7H13O3P. The van der Waals surface area contributed by atoms with Crippen molar-refractivity contribution in [3.8, 4) is 0 Å². The first-order valence-electron chi connectivity index (χ1n) is 3.38. The molecule has 1 unspecified atom stereocenters. The van der Waals surface area contributed by atoms with E-state index in [2.05, 4.69) is 6.58 Å². The second-order valence-corrected chi connectivity index (χ2v) is 5.01.